The van der Waals surface area contributed by atoms with Crippen LogP contribution in [0.3, 0.4) is 0 Å². The SMILES string of the molecule is Cc1cc(OCCCC(=O)Nc2ccc(C(C)C)cc2)c(Br)c(C)c1Cl. The predicted octanol–water partition coefficient (Wildman–Crippen LogP) is 6.64. The minimum atomic E-state index is -0.00608. The number of anilines is 1. The highest BCUT2D eigenvalue weighted by molar-refractivity contribution is 9.10. The van der Waals surface area contributed by atoms with Crippen molar-refractivity contribution in [3.63, 3.8) is 0 Å². The number of ether oxygens (including phenoxy) is 1. The van der Waals surface area contributed by atoms with E-state index in [1.807, 2.05) is 44.2 Å². The Bertz CT molecular complexity index is 773. The average Bonchev–Trinajstić information content (AvgIpc) is 2.61. The molecule has 0 unspecified atom stereocenters. The Labute approximate surface area is 169 Å². The minimum absolute atomic E-state index is 0.00608. The van der Waals surface area contributed by atoms with Gasteiger partial charge in [0.2, 0.25) is 5.91 Å². The molecule has 5 heteroatoms. The van der Waals surface area contributed by atoms with Crippen molar-refractivity contribution in [1.29, 1.82) is 0 Å². The summed E-state index contributed by atoms with van der Waals surface area (Å²) in [6.45, 7) is 8.67. The number of rotatable bonds is 7. The summed E-state index contributed by atoms with van der Waals surface area (Å²) < 4.78 is 6.67. The summed E-state index contributed by atoms with van der Waals surface area (Å²) in [4.78, 5) is 12.1. The van der Waals surface area contributed by atoms with Crippen LogP contribution < -0.4 is 10.1 Å². The Morgan fingerprint density at radius 1 is 1.23 bits per heavy atom. The van der Waals surface area contributed by atoms with Crippen molar-refractivity contribution in [1.82, 2.24) is 0 Å². The van der Waals surface area contributed by atoms with Crippen LogP contribution >= 0.6 is 27.5 Å². The normalized spacial score (nSPS) is 10.9. The third kappa shape index (κ3) is 5.49. The molecule has 0 saturated heterocycles. The fourth-order valence-electron chi connectivity index (χ4n) is 2.59. The molecule has 0 aliphatic heterocycles. The lowest BCUT2D eigenvalue weighted by Crippen LogP contribution is -2.13. The van der Waals surface area contributed by atoms with Gasteiger partial charge in [0.05, 0.1) is 11.1 Å². The van der Waals surface area contributed by atoms with Gasteiger partial charge < -0.3 is 10.1 Å². The summed E-state index contributed by atoms with van der Waals surface area (Å²) in [7, 11) is 0. The number of carbonyl (C=O) groups excluding carboxylic acids is 1. The van der Waals surface area contributed by atoms with E-state index in [4.69, 9.17) is 16.3 Å². The zero-order chi connectivity index (χ0) is 19.3. The van der Waals surface area contributed by atoms with Gasteiger partial charge in [-0.05, 0) is 77.0 Å². The number of hydrogen-bond acceptors (Lipinski definition) is 2. The van der Waals surface area contributed by atoms with Crippen molar-refractivity contribution >= 4 is 39.1 Å². The van der Waals surface area contributed by atoms with E-state index in [-0.39, 0.29) is 5.91 Å². The highest BCUT2D eigenvalue weighted by atomic mass is 79.9. The van der Waals surface area contributed by atoms with Crippen molar-refractivity contribution in [3.8, 4) is 5.75 Å². The van der Waals surface area contributed by atoms with Gasteiger partial charge in [-0.2, -0.15) is 0 Å². The number of hydrogen-bond donors (Lipinski definition) is 1. The zero-order valence-corrected chi connectivity index (χ0v) is 18.0. The first-order chi connectivity index (χ1) is 12.3. The van der Waals surface area contributed by atoms with Gasteiger partial charge in [0, 0.05) is 17.1 Å². The van der Waals surface area contributed by atoms with Crippen LogP contribution in [0.5, 0.6) is 5.75 Å². The summed E-state index contributed by atoms with van der Waals surface area (Å²) in [6, 6.07) is 9.90. The van der Waals surface area contributed by atoms with Crippen molar-refractivity contribution in [2.45, 2.75) is 46.5 Å². The lowest BCUT2D eigenvalue weighted by molar-refractivity contribution is -0.116. The van der Waals surface area contributed by atoms with E-state index >= 15 is 0 Å². The first kappa shape index (κ1) is 20.8. The van der Waals surface area contributed by atoms with Crippen LogP contribution in [-0.4, -0.2) is 12.5 Å². The molecule has 0 aromatic heterocycles. The van der Waals surface area contributed by atoms with Crippen LogP contribution in [0.1, 0.15) is 49.3 Å². The number of nitrogens with one attached hydrogen (secondary N) is 1. The maximum Gasteiger partial charge on any atom is 0.224 e. The molecule has 0 saturated carbocycles. The van der Waals surface area contributed by atoms with Crippen LogP contribution in [0.2, 0.25) is 5.02 Å². The molecule has 140 valence electrons. The predicted molar refractivity (Wildman–Crippen MR) is 113 cm³/mol. The quantitative estimate of drug-likeness (QED) is 0.492. The first-order valence-corrected chi connectivity index (χ1v) is 9.94. The fraction of sp³-hybridized carbons (Fsp3) is 0.381. The van der Waals surface area contributed by atoms with Crippen LogP contribution in [-0.2, 0) is 4.79 Å². The lowest BCUT2D eigenvalue weighted by atomic mass is 10.0. The molecule has 26 heavy (non-hydrogen) atoms. The molecule has 0 spiro atoms. The van der Waals surface area contributed by atoms with Crippen LogP contribution in [0.15, 0.2) is 34.8 Å². The summed E-state index contributed by atoms with van der Waals surface area (Å²) >= 11 is 9.74. The smallest absolute Gasteiger partial charge is 0.224 e. The Kier molecular flexibility index (Phi) is 7.54. The number of halogens is 2. The molecule has 0 aliphatic carbocycles. The summed E-state index contributed by atoms with van der Waals surface area (Å²) in [5.41, 5.74) is 4.02. The Morgan fingerprint density at radius 2 is 1.88 bits per heavy atom. The zero-order valence-electron chi connectivity index (χ0n) is 15.7. The number of aryl methyl sites for hydroxylation is 1. The van der Waals surface area contributed by atoms with Gasteiger partial charge in [0.1, 0.15) is 5.75 Å². The number of carbonyl (C=O) groups is 1. The highest BCUT2D eigenvalue weighted by Crippen LogP contribution is 2.35. The van der Waals surface area contributed by atoms with Crippen LogP contribution in [0.25, 0.3) is 0 Å². The van der Waals surface area contributed by atoms with E-state index < -0.39 is 0 Å². The molecule has 0 atom stereocenters. The van der Waals surface area contributed by atoms with E-state index in [9.17, 15) is 4.79 Å². The van der Waals surface area contributed by atoms with E-state index in [1.54, 1.807) is 0 Å². The first-order valence-electron chi connectivity index (χ1n) is 8.77. The lowest BCUT2D eigenvalue weighted by Gasteiger charge is -2.13. The number of benzene rings is 2. The molecule has 2 aromatic rings. The number of amides is 1. The summed E-state index contributed by atoms with van der Waals surface area (Å²) in [5, 5.41) is 3.67. The van der Waals surface area contributed by atoms with E-state index in [0.29, 0.717) is 25.4 Å². The molecule has 0 fully saturated rings. The third-order valence-electron chi connectivity index (χ3n) is 4.24. The van der Waals surface area contributed by atoms with E-state index in [2.05, 4.69) is 35.1 Å². The van der Waals surface area contributed by atoms with Gasteiger partial charge >= 0.3 is 0 Å². The maximum absolute atomic E-state index is 12.1. The van der Waals surface area contributed by atoms with Crippen LogP contribution in [0.4, 0.5) is 5.69 Å². The second-order valence-corrected chi connectivity index (χ2v) is 7.89. The van der Waals surface area contributed by atoms with Crippen molar-refractivity contribution in [2.24, 2.45) is 0 Å². The Balaban J connectivity index is 1.80. The molecule has 0 bridgehead atoms. The Hall–Kier alpha value is -1.52. The van der Waals surface area contributed by atoms with E-state index in [1.165, 1.54) is 5.56 Å². The van der Waals surface area contributed by atoms with Gasteiger partial charge in [-0.1, -0.05) is 37.6 Å². The topological polar surface area (TPSA) is 38.3 Å². The molecule has 0 aliphatic rings. The second-order valence-electron chi connectivity index (χ2n) is 6.72. The molecule has 2 rings (SSSR count). The minimum Gasteiger partial charge on any atom is -0.492 e. The molecular formula is C21H25BrClNO2. The summed E-state index contributed by atoms with van der Waals surface area (Å²) in [6.07, 6.45) is 1.05. The van der Waals surface area contributed by atoms with Gasteiger partial charge in [-0.3, -0.25) is 4.79 Å². The van der Waals surface area contributed by atoms with Gasteiger partial charge in [0.15, 0.2) is 0 Å². The molecule has 0 radical (unpaired) electrons. The van der Waals surface area contributed by atoms with Gasteiger partial charge in [-0.25, -0.2) is 0 Å². The molecule has 3 nitrogen and oxygen atoms in total. The molecular weight excluding hydrogens is 414 g/mol. The van der Waals surface area contributed by atoms with Crippen molar-refractivity contribution < 1.29 is 9.53 Å². The van der Waals surface area contributed by atoms with Gasteiger partial charge in [0.25, 0.3) is 0 Å². The molecule has 1 N–H and O–H groups in total. The molecule has 1 amide bonds. The van der Waals surface area contributed by atoms with Crippen LogP contribution in [0, 0.1) is 13.8 Å². The molecule has 0 heterocycles. The monoisotopic (exact) mass is 437 g/mol. The van der Waals surface area contributed by atoms with Gasteiger partial charge in [-0.15, -0.1) is 0 Å². The Morgan fingerprint density at radius 3 is 2.50 bits per heavy atom. The maximum atomic E-state index is 12.1. The van der Waals surface area contributed by atoms with E-state index in [0.717, 1.165) is 32.1 Å². The fourth-order valence-corrected chi connectivity index (χ4v) is 3.29. The largest absolute Gasteiger partial charge is 0.492 e. The highest BCUT2D eigenvalue weighted by Gasteiger charge is 2.11. The third-order valence-corrected chi connectivity index (χ3v) is 5.80. The standard InChI is InChI=1S/C21H25BrClNO2/c1-13(2)16-7-9-17(10-8-16)24-19(25)6-5-11-26-18-12-14(3)21(23)15(4)20(18)22/h7-10,12-13H,5-6,11H2,1-4H3,(H,24,25). The average molecular weight is 439 g/mol. The molecule has 2 aromatic carbocycles. The van der Waals surface area contributed by atoms with Crippen molar-refractivity contribution in [2.75, 3.05) is 11.9 Å². The van der Waals surface area contributed by atoms with Crippen molar-refractivity contribution in [3.05, 3.63) is 56.5 Å². The summed E-state index contributed by atoms with van der Waals surface area (Å²) in [5.74, 6) is 1.24. The second kappa shape index (κ2) is 9.43.